The van der Waals surface area contributed by atoms with Gasteiger partial charge < -0.3 is 9.64 Å². The summed E-state index contributed by atoms with van der Waals surface area (Å²) >= 11 is 1.38. The normalized spacial score (nSPS) is 25.1. The molecule has 1 fully saturated rings. The highest BCUT2D eigenvalue weighted by Crippen LogP contribution is 2.47. The van der Waals surface area contributed by atoms with Crippen LogP contribution in [-0.2, 0) is 14.3 Å². The molecule has 0 aromatic carbocycles. The van der Waals surface area contributed by atoms with Crippen molar-refractivity contribution >= 4 is 23.6 Å². The third-order valence-electron chi connectivity index (χ3n) is 5.62. The minimum atomic E-state index is -0.612. The predicted molar refractivity (Wildman–Crippen MR) is 109 cm³/mol. The maximum atomic E-state index is 13.4. The molecule has 28 heavy (non-hydrogen) atoms. The molecule has 0 unspecified atom stereocenters. The van der Waals surface area contributed by atoms with Crippen LogP contribution >= 0.6 is 11.8 Å². The summed E-state index contributed by atoms with van der Waals surface area (Å²) in [7, 11) is 0. The standard InChI is InChI=1S/C21H29N3O3S/c1-5-27-19(26)21-10-6-7-12-24(17(21)9-8-11-21)18(25)16(4)28-20-22-14(2)13-15(3)23-20/h6-7,13,16-17H,5,8-12H2,1-4H3/t16-,17-,21-/m1/s1. The number of ether oxygens (including phenoxy) is 1. The third kappa shape index (κ3) is 4.09. The summed E-state index contributed by atoms with van der Waals surface area (Å²) in [6.45, 7) is 8.47. The highest BCUT2D eigenvalue weighted by Gasteiger charge is 2.53. The molecule has 2 heterocycles. The van der Waals surface area contributed by atoms with E-state index >= 15 is 0 Å². The van der Waals surface area contributed by atoms with Crippen molar-refractivity contribution in [1.29, 1.82) is 0 Å². The van der Waals surface area contributed by atoms with Crippen molar-refractivity contribution in [3.8, 4) is 0 Å². The van der Waals surface area contributed by atoms with Crippen molar-refractivity contribution in [3.05, 3.63) is 29.6 Å². The van der Waals surface area contributed by atoms with Gasteiger partial charge in [0.15, 0.2) is 5.16 Å². The van der Waals surface area contributed by atoms with Crippen LogP contribution in [0, 0.1) is 19.3 Å². The monoisotopic (exact) mass is 403 g/mol. The van der Waals surface area contributed by atoms with Crippen LogP contribution in [0.2, 0.25) is 0 Å². The fourth-order valence-corrected chi connectivity index (χ4v) is 5.33. The predicted octanol–water partition coefficient (Wildman–Crippen LogP) is 3.46. The lowest BCUT2D eigenvalue weighted by molar-refractivity contribution is -0.159. The minimum Gasteiger partial charge on any atom is -0.465 e. The minimum absolute atomic E-state index is 0.0277. The zero-order valence-electron chi connectivity index (χ0n) is 17.1. The van der Waals surface area contributed by atoms with E-state index in [-0.39, 0.29) is 23.2 Å². The van der Waals surface area contributed by atoms with Gasteiger partial charge in [0, 0.05) is 24.0 Å². The largest absolute Gasteiger partial charge is 0.465 e. The SMILES string of the molecule is CCOC(=O)[C@@]12CC=CCN(C(=O)[C@@H](C)Sc3nc(C)cc(C)n3)[C@@H]1CCC2. The van der Waals surface area contributed by atoms with Gasteiger partial charge in [-0.1, -0.05) is 30.3 Å². The van der Waals surface area contributed by atoms with E-state index in [9.17, 15) is 9.59 Å². The van der Waals surface area contributed by atoms with Crippen LogP contribution < -0.4 is 0 Å². The lowest BCUT2D eigenvalue weighted by Gasteiger charge is -2.39. The molecular weight excluding hydrogens is 374 g/mol. The van der Waals surface area contributed by atoms with Crippen LogP contribution in [-0.4, -0.2) is 51.2 Å². The Balaban J connectivity index is 1.81. The zero-order chi connectivity index (χ0) is 20.3. The molecule has 0 spiro atoms. The third-order valence-corrected chi connectivity index (χ3v) is 6.57. The molecule has 0 bridgehead atoms. The lowest BCUT2D eigenvalue weighted by atomic mass is 9.79. The smallest absolute Gasteiger partial charge is 0.314 e. The van der Waals surface area contributed by atoms with E-state index in [0.29, 0.717) is 24.7 Å². The van der Waals surface area contributed by atoms with Gasteiger partial charge in [-0.05, 0) is 53.0 Å². The number of aromatic nitrogens is 2. The Morgan fingerprint density at radius 2 is 2.04 bits per heavy atom. The number of allylic oxidation sites excluding steroid dienone is 1. The first-order chi connectivity index (χ1) is 13.4. The van der Waals surface area contributed by atoms with E-state index < -0.39 is 5.41 Å². The fourth-order valence-electron chi connectivity index (χ4n) is 4.38. The molecule has 3 rings (SSSR count). The van der Waals surface area contributed by atoms with E-state index in [0.717, 1.165) is 30.7 Å². The number of carbonyl (C=O) groups excluding carboxylic acids is 2. The van der Waals surface area contributed by atoms with E-state index in [1.807, 2.05) is 50.8 Å². The molecule has 1 aromatic heterocycles. The van der Waals surface area contributed by atoms with Crippen LogP contribution in [0.3, 0.4) is 0 Å². The van der Waals surface area contributed by atoms with Crippen molar-refractivity contribution in [2.45, 2.75) is 69.8 Å². The molecule has 0 radical (unpaired) electrons. The number of thioether (sulfide) groups is 1. The van der Waals surface area contributed by atoms with Gasteiger partial charge in [0.2, 0.25) is 5.91 Å². The second-order valence-electron chi connectivity index (χ2n) is 7.64. The summed E-state index contributed by atoms with van der Waals surface area (Å²) in [4.78, 5) is 37.0. The van der Waals surface area contributed by atoms with Gasteiger partial charge in [-0.2, -0.15) is 0 Å². The second-order valence-corrected chi connectivity index (χ2v) is 8.95. The highest BCUT2D eigenvalue weighted by atomic mass is 32.2. The maximum absolute atomic E-state index is 13.4. The second kappa shape index (κ2) is 8.64. The quantitative estimate of drug-likeness (QED) is 0.324. The van der Waals surface area contributed by atoms with Gasteiger partial charge in [-0.3, -0.25) is 9.59 Å². The molecule has 1 aliphatic heterocycles. The number of nitrogens with zero attached hydrogens (tertiary/aromatic N) is 3. The van der Waals surface area contributed by atoms with Gasteiger partial charge in [0.1, 0.15) is 0 Å². The first kappa shape index (κ1) is 20.8. The molecular formula is C21H29N3O3S. The van der Waals surface area contributed by atoms with Crippen LogP contribution in [0.4, 0.5) is 0 Å². The van der Waals surface area contributed by atoms with Gasteiger partial charge in [-0.15, -0.1) is 0 Å². The van der Waals surface area contributed by atoms with E-state index in [4.69, 9.17) is 4.74 Å². The number of carbonyl (C=O) groups is 2. The van der Waals surface area contributed by atoms with Crippen LogP contribution in [0.5, 0.6) is 0 Å². The Morgan fingerprint density at radius 1 is 1.32 bits per heavy atom. The summed E-state index contributed by atoms with van der Waals surface area (Å²) in [6.07, 6.45) is 7.22. The molecule has 6 nitrogen and oxygen atoms in total. The van der Waals surface area contributed by atoms with E-state index in [1.54, 1.807) is 0 Å². The Labute approximate surface area is 171 Å². The number of hydrogen-bond donors (Lipinski definition) is 0. The molecule has 0 N–H and O–H groups in total. The van der Waals surface area contributed by atoms with E-state index in [2.05, 4.69) is 9.97 Å². The van der Waals surface area contributed by atoms with Crippen LogP contribution in [0.25, 0.3) is 0 Å². The molecule has 1 aromatic rings. The topological polar surface area (TPSA) is 72.4 Å². The number of rotatable bonds is 5. The summed E-state index contributed by atoms with van der Waals surface area (Å²) in [6, 6.07) is 1.81. The number of hydrogen-bond acceptors (Lipinski definition) is 6. The first-order valence-electron chi connectivity index (χ1n) is 9.99. The number of amides is 1. The number of esters is 1. The molecule has 152 valence electrons. The van der Waals surface area contributed by atoms with Crippen molar-refractivity contribution < 1.29 is 14.3 Å². The molecule has 3 atom stereocenters. The van der Waals surface area contributed by atoms with E-state index in [1.165, 1.54) is 11.8 Å². The average Bonchev–Trinajstić information content (AvgIpc) is 2.97. The summed E-state index contributed by atoms with van der Waals surface area (Å²) < 4.78 is 5.42. The molecule has 1 amide bonds. The van der Waals surface area contributed by atoms with Crippen molar-refractivity contribution in [1.82, 2.24) is 14.9 Å². The van der Waals surface area contributed by atoms with Gasteiger partial charge in [0.05, 0.1) is 17.3 Å². The summed E-state index contributed by atoms with van der Waals surface area (Å²) in [5.74, 6) is -0.139. The molecule has 1 saturated carbocycles. The molecule has 1 aliphatic carbocycles. The van der Waals surface area contributed by atoms with Crippen molar-refractivity contribution in [2.24, 2.45) is 5.41 Å². The van der Waals surface area contributed by atoms with Gasteiger partial charge >= 0.3 is 5.97 Å². The Morgan fingerprint density at radius 3 is 2.71 bits per heavy atom. The molecule has 0 saturated heterocycles. The van der Waals surface area contributed by atoms with Gasteiger partial charge in [0.25, 0.3) is 0 Å². The Bertz CT molecular complexity index is 762. The summed E-state index contributed by atoms with van der Waals surface area (Å²) in [5.41, 5.74) is 1.17. The molecule has 7 heteroatoms. The van der Waals surface area contributed by atoms with Gasteiger partial charge in [-0.25, -0.2) is 9.97 Å². The maximum Gasteiger partial charge on any atom is 0.314 e. The lowest BCUT2D eigenvalue weighted by Crippen LogP contribution is -2.52. The molecule has 2 aliphatic rings. The zero-order valence-corrected chi connectivity index (χ0v) is 17.9. The Kier molecular flexibility index (Phi) is 6.43. The highest BCUT2D eigenvalue weighted by molar-refractivity contribution is 8.00. The van der Waals surface area contributed by atoms with Crippen LogP contribution in [0.15, 0.2) is 23.4 Å². The fraction of sp³-hybridized carbons (Fsp3) is 0.619. The Hall–Kier alpha value is -1.89. The van der Waals surface area contributed by atoms with Crippen molar-refractivity contribution in [3.63, 3.8) is 0 Å². The first-order valence-corrected chi connectivity index (χ1v) is 10.9. The number of aryl methyl sites for hydroxylation is 2. The summed E-state index contributed by atoms with van der Waals surface area (Å²) in [5, 5.41) is 0.292. The van der Waals surface area contributed by atoms with Crippen molar-refractivity contribution in [2.75, 3.05) is 13.2 Å². The number of fused-ring (bicyclic) bond motifs is 1. The van der Waals surface area contributed by atoms with Crippen LogP contribution in [0.1, 0.15) is 50.9 Å². The average molecular weight is 404 g/mol.